The number of sulfonamides is 1. The number of ether oxygens (including phenoxy) is 3. The predicted octanol–water partition coefficient (Wildman–Crippen LogP) is 4.19. The highest BCUT2D eigenvalue weighted by molar-refractivity contribution is 8.00. The standard InChI is InChI=1S/C35H32N4O9S2/c1-46-28-18-21(19-29(47-2)32(28)48-3)17-27(38-33(41)22-7-5-4-6-8-22)34(42)37-23-9-13-25(14-10-23)49-30-20-31(40)39(35(30)43)24-11-15-26(16-12-24)50(36,44)45/h4-19,30H,20H2,1-3H3,(H,37,42)(H,38,41)(H2,36,44,45)/b27-17-. The average Bonchev–Trinajstić information content (AvgIpc) is 3.39. The van der Waals surface area contributed by atoms with Gasteiger partial charge in [0, 0.05) is 22.6 Å². The van der Waals surface area contributed by atoms with Gasteiger partial charge in [-0.1, -0.05) is 18.2 Å². The van der Waals surface area contributed by atoms with Gasteiger partial charge in [0.15, 0.2) is 11.5 Å². The van der Waals surface area contributed by atoms with Gasteiger partial charge in [0.2, 0.25) is 27.6 Å². The second-order valence-corrected chi connectivity index (χ2v) is 13.6. The molecule has 1 unspecified atom stereocenters. The third-order valence-electron chi connectivity index (χ3n) is 7.45. The van der Waals surface area contributed by atoms with Gasteiger partial charge in [-0.25, -0.2) is 18.5 Å². The molecule has 258 valence electrons. The van der Waals surface area contributed by atoms with Crippen molar-refractivity contribution in [3.8, 4) is 17.2 Å². The summed E-state index contributed by atoms with van der Waals surface area (Å²) in [7, 11) is 0.468. The Kier molecular flexibility index (Phi) is 10.9. The van der Waals surface area contributed by atoms with Crippen LogP contribution in [0.3, 0.4) is 0 Å². The Bertz CT molecular complexity index is 2040. The highest BCUT2D eigenvalue weighted by Gasteiger charge is 2.40. The number of carbonyl (C=O) groups excluding carboxylic acids is 4. The van der Waals surface area contributed by atoms with Gasteiger partial charge in [-0.3, -0.25) is 19.2 Å². The largest absolute Gasteiger partial charge is 0.493 e. The van der Waals surface area contributed by atoms with Crippen LogP contribution in [0.1, 0.15) is 22.3 Å². The molecule has 1 saturated heterocycles. The molecule has 1 aliphatic rings. The minimum absolute atomic E-state index is 0.0604. The van der Waals surface area contributed by atoms with Crippen molar-refractivity contribution in [2.24, 2.45) is 5.14 Å². The fourth-order valence-electron chi connectivity index (χ4n) is 5.03. The normalized spacial score (nSPS) is 14.7. The van der Waals surface area contributed by atoms with Crippen LogP contribution in [0, 0.1) is 0 Å². The molecule has 0 spiro atoms. The third kappa shape index (κ3) is 8.14. The number of thioether (sulfide) groups is 1. The molecule has 15 heteroatoms. The maximum Gasteiger partial charge on any atom is 0.272 e. The van der Waals surface area contributed by atoms with Gasteiger partial charge >= 0.3 is 0 Å². The van der Waals surface area contributed by atoms with Crippen molar-refractivity contribution in [1.29, 1.82) is 0 Å². The van der Waals surface area contributed by atoms with Crippen LogP contribution in [0.4, 0.5) is 11.4 Å². The third-order valence-corrected chi connectivity index (χ3v) is 9.57. The van der Waals surface area contributed by atoms with Crippen molar-refractivity contribution in [2.75, 3.05) is 31.5 Å². The number of imide groups is 1. The fraction of sp³-hybridized carbons (Fsp3) is 0.143. The number of hydrogen-bond acceptors (Lipinski definition) is 10. The molecule has 13 nitrogen and oxygen atoms in total. The van der Waals surface area contributed by atoms with E-state index in [-0.39, 0.29) is 22.7 Å². The van der Waals surface area contributed by atoms with Gasteiger partial charge in [-0.05, 0) is 84.4 Å². The summed E-state index contributed by atoms with van der Waals surface area (Å²) in [6.07, 6.45) is 1.41. The molecule has 0 aromatic heterocycles. The Morgan fingerprint density at radius 1 is 0.880 bits per heavy atom. The molecular weight excluding hydrogens is 685 g/mol. The number of primary sulfonamides is 1. The molecule has 0 saturated carbocycles. The number of amides is 4. The molecule has 0 aliphatic carbocycles. The number of benzene rings is 4. The van der Waals surface area contributed by atoms with Crippen LogP contribution in [0.2, 0.25) is 0 Å². The summed E-state index contributed by atoms with van der Waals surface area (Å²) >= 11 is 1.18. The highest BCUT2D eigenvalue weighted by Crippen LogP contribution is 2.39. The van der Waals surface area contributed by atoms with Crippen molar-refractivity contribution in [3.63, 3.8) is 0 Å². The zero-order chi connectivity index (χ0) is 36.0. The van der Waals surface area contributed by atoms with E-state index in [9.17, 15) is 27.6 Å². The van der Waals surface area contributed by atoms with Crippen molar-refractivity contribution >= 4 is 62.9 Å². The highest BCUT2D eigenvalue weighted by atomic mass is 32.2. The summed E-state index contributed by atoms with van der Waals surface area (Å²) in [6.45, 7) is 0. The van der Waals surface area contributed by atoms with Crippen molar-refractivity contribution < 1.29 is 41.8 Å². The zero-order valence-corrected chi connectivity index (χ0v) is 28.7. The Morgan fingerprint density at radius 2 is 1.50 bits per heavy atom. The fourth-order valence-corrected chi connectivity index (χ4v) is 6.59. The lowest BCUT2D eigenvalue weighted by molar-refractivity contribution is -0.121. The molecule has 0 radical (unpaired) electrons. The molecule has 4 amide bonds. The van der Waals surface area contributed by atoms with Crippen molar-refractivity contribution in [1.82, 2.24) is 5.32 Å². The van der Waals surface area contributed by atoms with Crippen LogP contribution in [-0.4, -0.2) is 58.6 Å². The number of nitrogens with zero attached hydrogens (tertiary/aromatic N) is 1. The van der Waals surface area contributed by atoms with Crippen molar-refractivity contribution in [2.45, 2.75) is 21.5 Å². The Hall–Kier alpha value is -5.64. The molecule has 4 aromatic rings. The first kappa shape index (κ1) is 35.7. The number of hydrogen-bond donors (Lipinski definition) is 3. The van der Waals surface area contributed by atoms with E-state index in [1.165, 1.54) is 63.4 Å². The summed E-state index contributed by atoms with van der Waals surface area (Å²) in [4.78, 5) is 54.1. The Balaban J connectivity index is 1.33. The molecule has 1 atom stereocenters. The minimum atomic E-state index is -3.93. The van der Waals surface area contributed by atoms with E-state index in [0.717, 1.165) is 4.90 Å². The maximum atomic E-state index is 13.6. The monoisotopic (exact) mass is 716 g/mol. The first-order valence-corrected chi connectivity index (χ1v) is 17.3. The number of nitrogens with two attached hydrogens (primary N) is 1. The molecule has 5 rings (SSSR count). The van der Waals surface area contributed by atoms with Gasteiger partial charge in [0.25, 0.3) is 11.8 Å². The summed E-state index contributed by atoms with van der Waals surface area (Å²) in [5, 5.41) is 9.89. The molecule has 50 heavy (non-hydrogen) atoms. The van der Waals surface area contributed by atoms with E-state index in [0.29, 0.717) is 39.0 Å². The SMILES string of the molecule is COc1cc(/C=C(\NC(=O)c2ccccc2)C(=O)Nc2ccc(SC3CC(=O)N(c4ccc(S(N)(=O)=O)cc4)C3=O)cc2)cc(OC)c1OC. The number of anilines is 2. The van der Waals surface area contributed by atoms with E-state index >= 15 is 0 Å². The lowest BCUT2D eigenvalue weighted by Crippen LogP contribution is -2.31. The molecular formula is C35H32N4O9S2. The topological polar surface area (TPSA) is 183 Å². The molecule has 4 aromatic carbocycles. The smallest absolute Gasteiger partial charge is 0.272 e. The van der Waals surface area contributed by atoms with E-state index in [2.05, 4.69) is 10.6 Å². The first-order chi connectivity index (χ1) is 23.9. The van der Waals surface area contributed by atoms with Crippen LogP contribution in [0.5, 0.6) is 17.2 Å². The molecule has 1 fully saturated rings. The number of nitrogens with one attached hydrogen (secondary N) is 2. The van der Waals surface area contributed by atoms with Crippen LogP contribution >= 0.6 is 11.8 Å². The van der Waals surface area contributed by atoms with Crippen LogP contribution < -0.4 is 34.9 Å². The Morgan fingerprint density at radius 3 is 2.06 bits per heavy atom. The quantitative estimate of drug-likeness (QED) is 0.142. The molecule has 0 bridgehead atoms. The van der Waals surface area contributed by atoms with Gasteiger partial charge in [0.1, 0.15) is 5.70 Å². The molecule has 4 N–H and O–H groups in total. The van der Waals surface area contributed by atoms with E-state index in [4.69, 9.17) is 19.3 Å². The zero-order valence-electron chi connectivity index (χ0n) is 27.0. The number of rotatable bonds is 12. The summed E-state index contributed by atoms with van der Waals surface area (Å²) in [5.41, 5.74) is 1.39. The first-order valence-electron chi connectivity index (χ1n) is 14.9. The predicted molar refractivity (Wildman–Crippen MR) is 188 cm³/mol. The minimum Gasteiger partial charge on any atom is -0.493 e. The van der Waals surface area contributed by atoms with Crippen molar-refractivity contribution in [3.05, 3.63) is 108 Å². The lowest BCUT2D eigenvalue weighted by atomic mass is 10.1. The second-order valence-electron chi connectivity index (χ2n) is 10.7. The lowest BCUT2D eigenvalue weighted by Gasteiger charge is -2.15. The molecule has 1 heterocycles. The van der Waals surface area contributed by atoms with Gasteiger partial charge in [-0.15, -0.1) is 11.8 Å². The van der Waals surface area contributed by atoms with Crippen LogP contribution in [-0.2, 0) is 24.4 Å². The summed E-state index contributed by atoms with van der Waals surface area (Å²) < 4.78 is 39.4. The van der Waals surface area contributed by atoms with Gasteiger partial charge in [0.05, 0.1) is 37.2 Å². The van der Waals surface area contributed by atoms with Gasteiger partial charge in [-0.2, -0.15) is 0 Å². The second kappa shape index (κ2) is 15.3. The Labute approximate surface area is 292 Å². The number of methoxy groups -OCH3 is 3. The molecule has 1 aliphatic heterocycles. The maximum absolute atomic E-state index is 13.6. The summed E-state index contributed by atoms with van der Waals surface area (Å²) in [5.74, 6) is -0.933. The van der Waals surface area contributed by atoms with Crippen LogP contribution in [0.25, 0.3) is 6.08 Å². The van der Waals surface area contributed by atoms with Gasteiger partial charge < -0.3 is 24.8 Å². The van der Waals surface area contributed by atoms with E-state index in [1.807, 2.05) is 0 Å². The van der Waals surface area contributed by atoms with Crippen LogP contribution in [0.15, 0.2) is 106 Å². The number of carbonyl (C=O) groups is 4. The van der Waals surface area contributed by atoms with E-state index < -0.39 is 38.9 Å². The van der Waals surface area contributed by atoms with E-state index in [1.54, 1.807) is 66.7 Å². The summed E-state index contributed by atoms with van der Waals surface area (Å²) in [6, 6.07) is 23.5. The average molecular weight is 717 g/mol.